The number of aromatic nitrogens is 2. The molecule has 0 bridgehead atoms. The topological polar surface area (TPSA) is 71.7 Å². The minimum atomic E-state index is -2.88. The van der Waals surface area contributed by atoms with Crippen LogP contribution >= 0.6 is 11.8 Å². The lowest BCUT2D eigenvalue weighted by Gasteiger charge is -2.22. The van der Waals surface area contributed by atoms with Gasteiger partial charge in [-0.1, -0.05) is 41.6 Å². The molecule has 10 heteroatoms. The molecule has 1 amide bonds. The van der Waals surface area contributed by atoms with Crippen LogP contribution in [-0.4, -0.2) is 64.4 Å². The zero-order chi connectivity index (χ0) is 23.9. The van der Waals surface area contributed by atoms with Crippen molar-refractivity contribution in [1.29, 1.82) is 0 Å². The molecule has 34 heavy (non-hydrogen) atoms. The van der Waals surface area contributed by atoms with Gasteiger partial charge < -0.3 is 14.1 Å². The monoisotopic (exact) mass is 488 g/mol. The summed E-state index contributed by atoms with van der Waals surface area (Å²) in [5, 5.41) is 8.24. The van der Waals surface area contributed by atoms with Crippen LogP contribution in [0.5, 0.6) is 5.75 Å². The first-order chi connectivity index (χ1) is 16.5. The van der Waals surface area contributed by atoms with Crippen molar-refractivity contribution in [2.75, 3.05) is 31.9 Å². The molecule has 1 fully saturated rings. The largest absolute Gasteiger partial charge is 0.435 e. The number of aryl methyl sites for hydroxylation is 1. The van der Waals surface area contributed by atoms with Crippen LogP contribution in [0.15, 0.2) is 58.2 Å². The molecule has 1 aromatic heterocycles. The fraction of sp³-hybridized carbons (Fsp3) is 0.375. The molecule has 1 aliphatic heterocycles. The Bertz CT molecular complexity index is 1080. The SMILES string of the molecule is Cc1ccc(CN2CCCN(C(=O)CSc3nnc(-c4ccc(OC(F)F)cc4)o3)CC2)cc1. The standard InChI is InChI=1S/C24H26F2N4O3S/c1-17-3-5-18(6-4-17)15-29-11-2-12-30(14-13-29)21(31)16-34-24-28-27-22(33-24)19-7-9-20(10-8-19)32-23(25)26/h3-10,23H,2,11-16H2,1H3. The zero-order valence-corrected chi connectivity index (χ0v) is 19.6. The summed E-state index contributed by atoms with van der Waals surface area (Å²) in [4.78, 5) is 17.0. The summed E-state index contributed by atoms with van der Waals surface area (Å²) in [6, 6.07) is 14.5. The minimum absolute atomic E-state index is 0.0374. The average molecular weight is 489 g/mol. The Hall–Kier alpha value is -2.98. The third-order valence-corrected chi connectivity index (χ3v) is 6.32. The fourth-order valence-corrected chi connectivity index (χ4v) is 4.37. The highest BCUT2D eigenvalue weighted by atomic mass is 32.2. The van der Waals surface area contributed by atoms with Gasteiger partial charge in [-0.15, -0.1) is 10.2 Å². The molecule has 2 aromatic carbocycles. The van der Waals surface area contributed by atoms with Crippen molar-refractivity contribution in [1.82, 2.24) is 20.0 Å². The second-order valence-electron chi connectivity index (χ2n) is 8.06. The molecule has 180 valence electrons. The van der Waals surface area contributed by atoms with Crippen molar-refractivity contribution < 1.29 is 22.7 Å². The number of rotatable bonds is 8. The van der Waals surface area contributed by atoms with Crippen LogP contribution in [0.1, 0.15) is 17.5 Å². The number of halogens is 2. The number of thioether (sulfide) groups is 1. The van der Waals surface area contributed by atoms with Gasteiger partial charge >= 0.3 is 6.61 Å². The van der Waals surface area contributed by atoms with Crippen LogP contribution in [0.25, 0.3) is 11.5 Å². The van der Waals surface area contributed by atoms with Gasteiger partial charge in [0.2, 0.25) is 11.8 Å². The van der Waals surface area contributed by atoms with Crippen LogP contribution in [-0.2, 0) is 11.3 Å². The van der Waals surface area contributed by atoms with E-state index in [1.807, 2.05) is 4.90 Å². The smallest absolute Gasteiger partial charge is 0.387 e. The first-order valence-corrected chi connectivity index (χ1v) is 12.0. The van der Waals surface area contributed by atoms with Gasteiger partial charge in [-0.05, 0) is 43.2 Å². The van der Waals surface area contributed by atoms with Crippen molar-refractivity contribution in [2.45, 2.75) is 31.7 Å². The first-order valence-electron chi connectivity index (χ1n) is 11.0. The molecule has 3 aromatic rings. The van der Waals surface area contributed by atoms with Crippen LogP contribution in [0.3, 0.4) is 0 Å². The van der Waals surface area contributed by atoms with Gasteiger partial charge in [-0.25, -0.2) is 0 Å². The molecule has 7 nitrogen and oxygen atoms in total. The minimum Gasteiger partial charge on any atom is -0.435 e. The van der Waals surface area contributed by atoms with E-state index in [4.69, 9.17) is 4.42 Å². The van der Waals surface area contributed by atoms with Gasteiger partial charge in [0.25, 0.3) is 5.22 Å². The summed E-state index contributed by atoms with van der Waals surface area (Å²) in [6.45, 7) is 3.29. The summed E-state index contributed by atoms with van der Waals surface area (Å²) < 4.78 is 34.5. The summed E-state index contributed by atoms with van der Waals surface area (Å²) >= 11 is 1.19. The van der Waals surface area contributed by atoms with E-state index in [9.17, 15) is 13.6 Å². The molecule has 0 radical (unpaired) electrons. The van der Waals surface area contributed by atoms with Gasteiger partial charge in [0.15, 0.2) is 0 Å². The molecule has 0 aliphatic carbocycles. The first kappa shape index (κ1) is 24.2. The number of hydrogen-bond donors (Lipinski definition) is 0. The number of benzene rings is 2. The van der Waals surface area contributed by atoms with Crippen LogP contribution < -0.4 is 4.74 Å². The number of amides is 1. The number of ether oxygens (including phenoxy) is 1. The zero-order valence-electron chi connectivity index (χ0n) is 18.8. The van der Waals surface area contributed by atoms with Gasteiger partial charge in [-0.3, -0.25) is 9.69 Å². The van der Waals surface area contributed by atoms with Gasteiger partial charge in [0, 0.05) is 38.3 Å². The van der Waals surface area contributed by atoms with Crippen molar-refractivity contribution >= 4 is 17.7 Å². The Labute approximate surface area is 201 Å². The molecule has 1 aliphatic rings. The maximum atomic E-state index is 12.8. The predicted molar refractivity (Wildman–Crippen MR) is 125 cm³/mol. The van der Waals surface area contributed by atoms with Crippen molar-refractivity contribution in [3.63, 3.8) is 0 Å². The summed E-state index contributed by atoms with van der Waals surface area (Å²) in [7, 11) is 0. The lowest BCUT2D eigenvalue weighted by Crippen LogP contribution is -2.36. The van der Waals surface area contributed by atoms with E-state index in [1.54, 1.807) is 12.1 Å². The Morgan fingerprint density at radius 2 is 1.82 bits per heavy atom. The second-order valence-corrected chi connectivity index (χ2v) is 8.99. The van der Waals surface area contributed by atoms with Gasteiger partial charge in [-0.2, -0.15) is 8.78 Å². The summed E-state index contributed by atoms with van der Waals surface area (Å²) in [6.07, 6.45) is 0.929. The van der Waals surface area contributed by atoms with E-state index in [0.717, 1.165) is 32.6 Å². The quantitative estimate of drug-likeness (QED) is 0.433. The Kier molecular flexibility index (Phi) is 8.12. The van der Waals surface area contributed by atoms with Crippen LogP contribution in [0.2, 0.25) is 0 Å². The highest BCUT2D eigenvalue weighted by Crippen LogP contribution is 2.25. The normalized spacial score (nSPS) is 14.9. The third kappa shape index (κ3) is 6.77. The Morgan fingerprint density at radius 1 is 1.06 bits per heavy atom. The third-order valence-electron chi connectivity index (χ3n) is 5.52. The number of nitrogens with zero attached hydrogens (tertiary/aromatic N) is 4. The number of hydrogen-bond acceptors (Lipinski definition) is 7. The van der Waals surface area contributed by atoms with E-state index in [1.165, 1.54) is 35.0 Å². The molecule has 2 heterocycles. The Morgan fingerprint density at radius 3 is 2.56 bits per heavy atom. The maximum absolute atomic E-state index is 12.8. The molecule has 0 spiro atoms. The van der Waals surface area contributed by atoms with E-state index in [2.05, 4.69) is 51.0 Å². The molecule has 0 unspecified atom stereocenters. The highest BCUT2D eigenvalue weighted by Gasteiger charge is 2.20. The van der Waals surface area contributed by atoms with E-state index >= 15 is 0 Å². The van der Waals surface area contributed by atoms with E-state index < -0.39 is 6.61 Å². The molecule has 0 atom stereocenters. The molecular formula is C24H26F2N4O3S. The second kappa shape index (κ2) is 11.4. The Balaban J connectivity index is 1.25. The van der Waals surface area contributed by atoms with Crippen molar-refractivity contribution in [3.05, 3.63) is 59.7 Å². The molecule has 0 N–H and O–H groups in total. The number of alkyl halides is 2. The molecule has 0 saturated carbocycles. The maximum Gasteiger partial charge on any atom is 0.387 e. The predicted octanol–water partition coefficient (Wildman–Crippen LogP) is 4.47. The van der Waals surface area contributed by atoms with Crippen LogP contribution in [0.4, 0.5) is 8.78 Å². The lowest BCUT2D eigenvalue weighted by atomic mass is 10.1. The van der Waals surface area contributed by atoms with Gasteiger partial charge in [0.05, 0.1) is 5.75 Å². The fourth-order valence-electron chi connectivity index (χ4n) is 3.71. The summed E-state index contributed by atoms with van der Waals surface area (Å²) in [5.74, 6) is 0.546. The molecule has 1 saturated heterocycles. The molecule has 4 rings (SSSR count). The van der Waals surface area contributed by atoms with Crippen LogP contribution in [0, 0.1) is 6.92 Å². The van der Waals surface area contributed by atoms with E-state index in [-0.39, 0.29) is 28.5 Å². The highest BCUT2D eigenvalue weighted by molar-refractivity contribution is 7.99. The number of carbonyl (C=O) groups excluding carboxylic acids is 1. The van der Waals surface area contributed by atoms with Gasteiger partial charge in [0.1, 0.15) is 5.75 Å². The van der Waals surface area contributed by atoms with E-state index in [0.29, 0.717) is 12.1 Å². The number of carbonyl (C=O) groups is 1. The summed E-state index contributed by atoms with van der Waals surface area (Å²) in [5.41, 5.74) is 3.11. The van der Waals surface area contributed by atoms with Crippen molar-refractivity contribution in [2.24, 2.45) is 0 Å². The molecular weight excluding hydrogens is 462 g/mol. The van der Waals surface area contributed by atoms with Crippen molar-refractivity contribution in [3.8, 4) is 17.2 Å². The lowest BCUT2D eigenvalue weighted by molar-refractivity contribution is -0.128. The average Bonchev–Trinajstić information content (AvgIpc) is 3.17.